The van der Waals surface area contributed by atoms with Gasteiger partial charge in [0, 0.05) is 5.69 Å². The molecule has 0 aromatic heterocycles. The number of hydrogen-bond donors (Lipinski definition) is 2. The van der Waals surface area contributed by atoms with Gasteiger partial charge in [0.05, 0.1) is 5.38 Å². The van der Waals surface area contributed by atoms with Crippen LogP contribution < -0.4 is 5.32 Å². The third-order valence-corrected chi connectivity index (χ3v) is 2.01. The van der Waals surface area contributed by atoms with Crippen LogP contribution in [0.15, 0.2) is 24.3 Å². The van der Waals surface area contributed by atoms with Gasteiger partial charge in [-0.25, -0.2) is 4.79 Å². The van der Waals surface area contributed by atoms with E-state index < -0.39 is 11.5 Å². The highest BCUT2D eigenvalue weighted by Crippen LogP contribution is 2.13. The number of carbonyl (C=O) groups excluding carboxylic acids is 1. The average Bonchev–Trinajstić information content (AvgIpc) is 2.17. The number of anilines is 1. The van der Waals surface area contributed by atoms with Crippen LogP contribution in [0.4, 0.5) is 10.5 Å². The predicted octanol–water partition coefficient (Wildman–Crippen LogP) is 2.13. The van der Waals surface area contributed by atoms with Crippen LogP contribution in [0.1, 0.15) is 5.56 Å². The van der Waals surface area contributed by atoms with Crippen LogP contribution in [0.3, 0.4) is 0 Å². The van der Waals surface area contributed by atoms with E-state index in [1.807, 2.05) is 0 Å². The lowest BCUT2D eigenvalue weighted by atomic mass is 10.1. The van der Waals surface area contributed by atoms with Gasteiger partial charge in [0.2, 0.25) is 0 Å². The molecule has 15 heavy (non-hydrogen) atoms. The first-order valence-electron chi connectivity index (χ1n) is 4.30. The minimum atomic E-state index is -1.12. The molecule has 0 aliphatic heterocycles. The number of rotatable bonds is 4. The second-order valence-electron chi connectivity index (χ2n) is 2.99. The van der Waals surface area contributed by atoms with Gasteiger partial charge in [0.1, 0.15) is 6.29 Å². The van der Waals surface area contributed by atoms with Crippen molar-refractivity contribution >= 4 is 29.7 Å². The molecule has 2 N–H and O–H groups in total. The van der Waals surface area contributed by atoms with E-state index in [-0.39, 0.29) is 0 Å². The number of carboxylic acid groups (broad SMARTS) is 1. The molecule has 0 bridgehead atoms. The standard InChI is InChI=1S/C10H10ClNO3/c11-8(6-13)4-7-2-1-3-9(5-7)12-10(14)15/h1-3,5-6,8,12H,4H2,(H,14,15). The quantitative estimate of drug-likeness (QED) is 0.612. The van der Waals surface area contributed by atoms with Crippen molar-refractivity contribution in [1.29, 1.82) is 0 Å². The fourth-order valence-corrected chi connectivity index (χ4v) is 1.35. The topological polar surface area (TPSA) is 66.4 Å². The van der Waals surface area contributed by atoms with Gasteiger partial charge >= 0.3 is 6.09 Å². The molecule has 0 radical (unpaired) electrons. The highest BCUT2D eigenvalue weighted by atomic mass is 35.5. The molecule has 1 aromatic carbocycles. The number of halogens is 1. The summed E-state index contributed by atoms with van der Waals surface area (Å²) >= 11 is 5.65. The Morgan fingerprint density at radius 2 is 2.33 bits per heavy atom. The third-order valence-electron chi connectivity index (χ3n) is 1.76. The maximum atomic E-state index is 10.4. The maximum Gasteiger partial charge on any atom is 0.409 e. The summed E-state index contributed by atoms with van der Waals surface area (Å²) in [6.45, 7) is 0. The van der Waals surface area contributed by atoms with Crippen LogP contribution in [0.2, 0.25) is 0 Å². The van der Waals surface area contributed by atoms with Gasteiger partial charge in [0.25, 0.3) is 0 Å². The monoisotopic (exact) mass is 227 g/mol. The van der Waals surface area contributed by atoms with Gasteiger partial charge in [-0.05, 0) is 24.1 Å². The molecule has 0 saturated heterocycles. The van der Waals surface area contributed by atoms with Crippen molar-refractivity contribution in [1.82, 2.24) is 0 Å². The molecule has 0 heterocycles. The molecule has 0 aliphatic carbocycles. The Hall–Kier alpha value is -1.55. The van der Waals surface area contributed by atoms with E-state index in [1.165, 1.54) is 0 Å². The summed E-state index contributed by atoms with van der Waals surface area (Å²) in [6, 6.07) is 6.76. The minimum Gasteiger partial charge on any atom is -0.465 e. The van der Waals surface area contributed by atoms with E-state index >= 15 is 0 Å². The lowest BCUT2D eigenvalue weighted by molar-refractivity contribution is -0.107. The number of hydrogen-bond acceptors (Lipinski definition) is 2. The maximum absolute atomic E-state index is 10.4. The highest BCUT2D eigenvalue weighted by molar-refractivity contribution is 6.27. The summed E-state index contributed by atoms with van der Waals surface area (Å²) < 4.78 is 0. The molecule has 0 saturated carbocycles. The number of amides is 1. The Bertz CT molecular complexity index is 367. The van der Waals surface area contributed by atoms with E-state index in [2.05, 4.69) is 5.32 Å². The van der Waals surface area contributed by atoms with Crippen molar-refractivity contribution in [3.8, 4) is 0 Å². The highest BCUT2D eigenvalue weighted by Gasteiger charge is 2.05. The molecule has 1 unspecified atom stereocenters. The van der Waals surface area contributed by atoms with Crippen molar-refractivity contribution < 1.29 is 14.7 Å². The van der Waals surface area contributed by atoms with E-state index in [1.54, 1.807) is 24.3 Å². The predicted molar refractivity (Wildman–Crippen MR) is 57.5 cm³/mol. The fourth-order valence-electron chi connectivity index (χ4n) is 1.17. The first-order valence-corrected chi connectivity index (χ1v) is 4.73. The van der Waals surface area contributed by atoms with Crippen LogP contribution >= 0.6 is 11.6 Å². The summed E-state index contributed by atoms with van der Waals surface area (Å²) in [5.74, 6) is 0. The van der Waals surface area contributed by atoms with Gasteiger partial charge in [-0.2, -0.15) is 0 Å². The molecule has 80 valence electrons. The zero-order valence-corrected chi connectivity index (χ0v) is 8.57. The number of benzene rings is 1. The zero-order valence-electron chi connectivity index (χ0n) is 7.81. The van der Waals surface area contributed by atoms with Gasteiger partial charge in [-0.1, -0.05) is 12.1 Å². The number of alkyl halides is 1. The third kappa shape index (κ3) is 3.99. The summed E-state index contributed by atoms with van der Waals surface area (Å²) in [5, 5.41) is 10.1. The molecule has 1 amide bonds. The molecular formula is C10H10ClNO3. The summed E-state index contributed by atoms with van der Waals surface area (Å²) in [5.41, 5.74) is 1.28. The van der Waals surface area contributed by atoms with Crippen LogP contribution in [-0.4, -0.2) is 22.9 Å². The van der Waals surface area contributed by atoms with Gasteiger partial charge in [0.15, 0.2) is 0 Å². The van der Waals surface area contributed by atoms with Gasteiger partial charge in [-0.3, -0.25) is 5.32 Å². The van der Waals surface area contributed by atoms with Crippen LogP contribution in [-0.2, 0) is 11.2 Å². The van der Waals surface area contributed by atoms with Gasteiger partial charge in [-0.15, -0.1) is 11.6 Å². The normalized spacial score (nSPS) is 11.8. The van der Waals surface area contributed by atoms with Crippen molar-refractivity contribution in [3.05, 3.63) is 29.8 Å². The smallest absolute Gasteiger partial charge is 0.409 e. The Morgan fingerprint density at radius 3 is 2.93 bits per heavy atom. The molecule has 0 aliphatic rings. The average molecular weight is 228 g/mol. The Morgan fingerprint density at radius 1 is 1.60 bits per heavy atom. The summed E-state index contributed by atoms with van der Waals surface area (Å²) in [6.07, 6.45) is -0.0797. The molecule has 1 rings (SSSR count). The number of carbonyl (C=O) groups is 2. The van der Waals surface area contributed by atoms with Crippen LogP contribution in [0, 0.1) is 0 Å². The van der Waals surface area contributed by atoms with Crippen molar-refractivity contribution in [2.75, 3.05) is 5.32 Å². The molecular weight excluding hydrogens is 218 g/mol. The molecule has 1 atom stereocenters. The fraction of sp³-hybridized carbons (Fsp3) is 0.200. The molecule has 5 heteroatoms. The van der Waals surface area contributed by atoms with Crippen molar-refractivity contribution in [2.24, 2.45) is 0 Å². The number of nitrogens with one attached hydrogen (secondary N) is 1. The Kier molecular flexibility index (Phi) is 4.12. The first kappa shape index (κ1) is 11.5. The van der Waals surface area contributed by atoms with Crippen LogP contribution in [0.25, 0.3) is 0 Å². The van der Waals surface area contributed by atoms with E-state index in [9.17, 15) is 9.59 Å². The molecule has 0 fully saturated rings. The Balaban J connectivity index is 2.73. The summed E-state index contributed by atoms with van der Waals surface area (Å²) in [7, 11) is 0. The Labute approximate surface area is 91.9 Å². The summed E-state index contributed by atoms with van der Waals surface area (Å²) in [4.78, 5) is 20.7. The van der Waals surface area contributed by atoms with Crippen molar-refractivity contribution in [3.63, 3.8) is 0 Å². The lowest BCUT2D eigenvalue weighted by Crippen LogP contribution is -2.08. The van der Waals surface area contributed by atoms with Crippen LogP contribution in [0.5, 0.6) is 0 Å². The number of aldehydes is 1. The van der Waals surface area contributed by atoms with Gasteiger partial charge < -0.3 is 9.90 Å². The van der Waals surface area contributed by atoms with E-state index in [0.29, 0.717) is 18.4 Å². The largest absolute Gasteiger partial charge is 0.465 e. The lowest BCUT2D eigenvalue weighted by Gasteiger charge is -2.05. The minimum absolute atomic E-state index is 0.389. The second kappa shape index (κ2) is 5.36. The SMILES string of the molecule is O=CC(Cl)Cc1cccc(NC(=O)O)c1. The zero-order chi connectivity index (χ0) is 11.3. The molecule has 4 nitrogen and oxygen atoms in total. The first-order chi connectivity index (χ1) is 7.11. The second-order valence-corrected chi connectivity index (χ2v) is 3.55. The van der Waals surface area contributed by atoms with Crippen molar-refractivity contribution in [2.45, 2.75) is 11.8 Å². The molecule has 0 spiro atoms. The van der Waals surface area contributed by atoms with E-state index in [0.717, 1.165) is 5.56 Å². The molecule has 1 aromatic rings. The van der Waals surface area contributed by atoms with E-state index in [4.69, 9.17) is 16.7 Å².